The second kappa shape index (κ2) is 7.66. The summed E-state index contributed by atoms with van der Waals surface area (Å²) in [6, 6.07) is -0.346. The molecule has 0 bridgehead atoms. The second-order valence-corrected chi connectivity index (χ2v) is 6.51. The maximum absolute atomic E-state index is 11.8. The maximum Gasteiger partial charge on any atom is 0.410 e. The van der Waals surface area contributed by atoms with Crippen LogP contribution >= 0.6 is 0 Å². The van der Waals surface area contributed by atoms with Crippen molar-refractivity contribution < 1.29 is 27.8 Å². The molecule has 1 N–H and O–H groups in total. The van der Waals surface area contributed by atoms with Crippen LogP contribution in [0.4, 0.5) is 4.79 Å². The molecule has 1 heterocycles. The predicted molar refractivity (Wildman–Crippen MR) is 68.7 cm³/mol. The van der Waals surface area contributed by atoms with Crippen LogP contribution in [0.2, 0.25) is 0 Å². The third kappa shape index (κ3) is 5.33. The third-order valence-corrected chi connectivity index (χ3v) is 4.61. The molecule has 0 aromatic rings. The summed E-state index contributed by atoms with van der Waals surface area (Å²) in [6.45, 7) is 2.56. The van der Waals surface area contributed by atoms with Crippen molar-refractivity contribution in [3.05, 3.63) is 0 Å². The number of nitrogens with zero attached hydrogens (tertiary/aromatic N) is 1. The Balaban J connectivity index is 2.56. The van der Waals surface area contributed by atoms with Crippen molar-refractivity contribution in [2.45, 2.75) is 19.4 Å². The molecule has 0 radical (unpaired) electrons. The number of aliphatic hydroxyl groups is 1. The molecule has 7 nitrogen and oxygen atoms in total. The highest BCUT2D eigenvalue weighted by atomic mass is 32.2. The van der Waals surface area contributed by atoms with Gasteiger partial charge in [-0.2, -0.15) is 0 Å². The molecule has 1 amide bonds. The molecule has 0 aromatic heterocycles. The average Bonchev–Trinajstić information content (AvgIpc) is 2.69. The van der Waals surface area contributed by atoms with E-state index < -0.39 is 15.9 Å². The zero-order valence-corrected chi connectivity index (χ0v) is 11.9. The molecule has 0 spiro atoms. The van der Waals surface area contributed by atoms with Crippen molar-refractivity contribution in [3.63, 3.8) is 0 Å². The van der Waals surface area contributed by atoms with E-state index >= 15 is 0 Å². The van der Waals surface area contributed by atoms with Crippen LogP contribution in [0, 0.1) is 0 Å². The first-order valence-corrected chi connectivity index (χ1v) is 8.14. The number of carbonyl (C=O) groups excluding carboxylic acids is 1. The van der Waals surface area contributed by atoms with Gasteiger partial charge >= 0.3 is 6.09 Å². The minimum Gasteiger partial charge on any atom is -0.450 e. The van der Waals surface area contributed by atoms with Crippen LogP contribution in [-0.2, 0) is 19.3 Å². The molecule has 0 aliphatic carbocycles. The van der Waals surface area contributed by atoms with Gasteiger partial charge in [0.1, 0.15) is 0 Å². The summed E-state index contributed by atoms with van der Waals surface area (Å²) in [5.74, 6) is 0.0802. The van der Waals surface area contributed by atoms with Crippen LogP contribution in [0.25, 0.3) is 0 Å². The van der Waals surface area contributed by atoms with E-state index in [0.717, 1.165) is 0 Å². The number of hydrogen-bond acceptors (Lipinski definition) is 6. The van der Waals surface area contributed by atoms with Crippen LogP contribution in [0.1, 0.15) is 13.3 Å². The molecule has 1 rings (SSSR count). The Morgan fingerprint density at radius 3 is 2.68 bits per heavy atom. The molecule has 1 saturated heterocycles. The smallest absolute Gasteiger partial charge is 0.410 e. The van der Waals surface area contributed by atoms with Crippen molar-refractivity contribution in [1.29, 1.82) is 0 Å². The highest BCUT2D eigenvalue weighted by Gasteiger charge is 2.35. The van der Waals surface area contributed by atoms with Gasteiger partial charge in [0.25, 0.3) is 0 Å². The quantitative estimate of drug-likeness (QED) is 0.645. The largest absolute Gasteiger partial charge is 0.450 e. The summed E-state index contributed by atoms with van der Waals surface area (Å²) in [5.41, 5.74) is 0. The van der Waals surface area contributed by atoms with Gasteiger partial charge in [0.15, 0.2) is 9.84 Å². The Labute approximate surface area is 113 Å². The van der Waals surface area contributed by atoms with Gasteiger partial charge in [-0.25, -0.2) is 13.2 Å². The van der Waals surface area contributed by atoms with Crippen molar-refractivity contribution >= 4 is 15.9 Å². The summed E-state index contributed by atoms with van der Waals surface area (Å²) < 4.78 is 33.0. The van der Waals surface area contributed by atoms with Crippen LogP contribution in [0.5, 0.6) is 0 Å². The Bertz CT molecular complexity index is 383. The molecular formula is C11H21NO6S. The lowest BCUT2D eigenvalue weighted by Crippen LogP contribution is -2.43. The summed E-state index contributed by atoms with van der Waals surface area (Å²) in [5, 5.41) is 8.60. The number of sulfone groups is 1. The van der Waals surface area contributed by atoms with Gasteiger partial charge < -0.3 is 19.5 Å². The standard InChI is InChI=1S/C11H21NO6S/c1-2-18-11(14)12(4-6-17-7-5-13)10-3-8-19(15,16)9-10/h10,13H,2-9H2,1H3. The molecule has 0 aromatic carbocycles. The zero-order chi connectivity index (χ0) is 14.3. The first kappa shape index (κ1) is 16.2. The van der Waals surface area contributed by atoms with E-state index in [1.54, 1.807) is 6.92 Å². The lowest BCUT2D eigenvalue weighted by Gasteiger charge is -2.27. The molecule has 1 atom stereocenters. The van der Waals surface area contributed by atoms with E-state index in [-0.39, 0.29) is 50.5 Å². The van der Waals surface area contributed by atoms with Crippen molar-refractivity contribution in [2.24, 2.45) is 0 Å². The van der Waals surface area contributed by atoms with E-state index in [0.29, 0.717) is 6.42 Å². The van der Waals surface area contributed by atoms with Gasteiger partial charge in [0.05, 0.1) is 44.0 Å². The fraction of sp³-hybridized carbons (Fsp3) is 0.909. The Kier molecular flexibility index (Phi) is 6.53. The van der Waals surface area contributed by atoms with Gasteiger partial charge in [-0.05, 0) is 13.3 Å². The van der Waals surface area contributed by atoms with Gasteiger partial charge in [-0.1, -0.05) is 0 Å². The monoisotopic (exact) mass is 295 g/mol. The fourth-order valence-electron chi connectivity index (χ4n) is 1.98. The maximum atomic E-state index is 11.8. The van der Waals surface area contributed by atoms with Crippen molar-refractivity contribution in [3.8, 4) is 0 Å². The molecular weight excluding hydrogens is 274 g/mol. The fourth-order valence-corrected chi connectivity index (χ4v) is 3.71. The van der Waals surface area contributed by atoms with Crippen molar-refractivity contribution in [2.75, 3.05) is 44.5 Å². The molecule has 1 aliphatic heterocycles. The van der Waals surface area contributed by atoms with Gasteiger partial charge in [-0.15, -0.1) is 0 Å². The van der Waals surface area contributed by atoms with E-state index in [1.807, 2.05) is 0 Å². The second-order valence-electron chi connectivity index (χ2n) is 4.29. The third-order valence-electron chi connectivity index (χ3n) is 2.86. The van der Waals surface area contributed by atoms with E-state index in [2.05, 4.69) is 0 Å². The van der Waals surface area contributed by atoms with E-state index in [1.165, 1.54) is 4.90 Å². The van der Waals surface area contributed by atoms with E-state index in [4.69, 9.17) is 14.6 Å². The topological polar surface area (TPSA) is 93.1 Å². The number of amides is 1. The molecule has 19 heavy (non-hydrogen) atoms. The lowest BCUT2D eigenvalue weighted by molar-refractivity contribution is 0.0533. The highest BCUT2D eigenvalue weighted by molar-refractivity contribution is 7.91. The Morgan fingerprint density at radius 2 is 2.16 bits per heavy atom. The highest BCUT2D eigenvalue weighted by Crippen LogP contribution is 2.18. The molecule has 8 heteroatoms. The zero-order valence-electron chi connectivity index (χ0n) is 11.1. The Morgan fingerprint density at radius 1 is 1.42 bits per heavy atom. The number of hydrogen-bond donors (Lipinski definition) is 1. The van der Waals surface area contributed by atoms with Crippen LogP contribution in [-0.4, -0.2) is 75.0 Å². The van der Waals surface area contributed by atoms with Gasteiger partial charge in [-0.3, -0.25) is 0 Å². The normalized spacial score (nSPS) is 21.3. The molecule has 1 unspecified atom stereocenters. The summed E-state index contributed by atoms with van der Waals surface area (Å²) in [7, 11) is -3.05. The minimum atomic E-state index is -3.05. The van der Waals surface area contributed by atoms with E-state index in [9.17, 15) is 13.2 Å². The SMILES string of the molecule is CCOC(=O)N(CCOCCO)C1CCS(=O)(=O)C1. The number of aliphatic hydroxyl groups excluding tert-OH is 1. The molecule has 1 fully saturated rings. The molecule has 112 valence electrons. The predicted octanol–water partition coefficient (Wildman–Crippen LogP) is -0.359. The van der Waals surface area contributed by atoms with Crippen LogP contribution in [0.3, 0.4) is 0 Å². The molecule has 1 aliphatic rings. The summed E-state index contributed by atoms with van der Waals surface area (Å²) >= 11 is 0. The number of ether oxygens (including phenoxy) is 2. The lowest BCUT2D eigenvalue weighted by atomic mass is 10.2. The van der Waals surface area contributed by atoms with Crippen molar-refractivity contribution in [1.82, 2.24) is 4.90 Å². The number of carbonyl (C=O) groups is 1. The first-order chi connectivity index (χ1) is 9.00. The summed E-state index contributed by atoms with van der Waals surface area (Å²) in [6.07, 6.45) is -0.0848. The van der Waals surface area contributed by atoms with Crippen LogP contribution < -0.4 is 0 Å². The molecule has 0 saturated carbocycles. The van der Waals surface area contributed by atoms with Gasteiger partial charge in [0.2, 0.25) is 0 Å². The Hall–Kier alpha value is -0.860. The average molecular weight is 295 g/mol. The first-order valence-electron chi connectivity index (χ1n) is 6.32. The minimum absolute atomic E-state index is 0.0220. The number of rotatable bonds is 7. The summed E-state index contributed by atoms with van der Waals surface area (Å²) in [4.78, 5) is 13.2. The van der Waals surface area contributed by atoms with Crippen LogP contribution in [0.15, 0.2) is 0 Å². The van der Waals surface area contributed by atoms with Gasteiger partial charge in [0, 0.05) is 6.54 Å².